The summed E-state index contributed by atoms with van der Waals surface area (Å²) in [7, 11) is 2.11. The standard InChI is InChI=1S/C23H26ClN3O2S/c1-26-12-10-20(11-13-26)25-22(29)17-4-6-18(7-5-17)23-27(21(28)15-30-23)14-16-2-8-19(24)9-3-16/h2-9,20,23H,10-15H2,1H3,(H,25,29)/t23-/m1/s1. The highest BCUT2D eigenvalue weighted by Crippen LogP contribution is 2.39. The summed E-state index contributed by atoms with van der Waals surface area (Å²) in [5.41, 5.74) is 2.75. The summed E-state index contributed by atoms with van der Waals surface area (Å²) in [5, 5.41) is 3.80. The van der Waals surface area contributed by atoms with Crippen molar-refractivity contribution >= 4 is 35.2 Å². The van der Waals surface area contributed by atoms with Gasteiger partial charge in [0.25, 0.3) is 5.91 Å². The molecule has 0 spiro atoms. The minimum atomic E-state index is -0.0424. The molecule has 7 heteroatoms. The van der Waals surface area contributed by atoms with E-state index in [2.05, 4.69) is 17.3 Å². The second-order valence-corrected chi connectivity index (χ2v) is 9.49. The molecule has 0 aromatic heterocycles. The molecule has 2 heterocycles. The average Bonchev–Trinajstić information content (AvgIpc) is 3.11. The van der Waals surface area contributed by atoms with Crippen molar-refractivity contribution in [2.75, 3.05) is 25.9 Å². The summed E-state index contributed by atoms with van der Waals surface area (Å²) in [6.07, 6.45) is 1.97. The smallest absolute Gasteiger partial charge is 0.251 e. The van der Waals surface area contributed by atoms with Crippen molar-refractivity contribution in [1.29, 1.82) is 0 Å². The molecule has 1 atom stereocenters. The maximum atomic E-state index is 12.6. The SMILES string of the molecule is CN1CCC(NC(=O)c2ccc([C@H]3SCC(=O)N3Cc3ccc(Cl)cc3)cc2)CC1. The zero-order valence-corrected chi connectivity index (χ0v) is 18.6. The van der Waals surface area contributed by atoms with E-state index < -0.39 is 0 Å². The maximum Gasteiger partial charge on any atom is 0.251 e. The van der Waals surface area contributed by atoms with Gasteiger partial charge in [-0.15, -0.1) is 11.8 Å². The molecule has 0 bridgehead atoms. The van der Waals surface area contributed by atoms with Gasteiger partial charge in [0.15, 0.2) is 0 Å². The van der Waals surface area contributed by atoms with E-state index in [1.165, 1.54) is 0 Å². The molecule has 1 N–H and O–H groups in total. The van der Waals surface area contributed by atoms with Gasteiger partial charge in [-0.1, -0.05) is 35.9 Å². The van der Waals surface area contributed by atoms with Gasteiger partial charge in [0, 0.05) is 23.2 Å². The monoisotopic (exact) mass is 443 g/mol. The first-order valence-corrected chi connectivity index (χ1v) is 11.7. The van der Waals surface area contributed by atoms with Gasteiger partial charge in [-0.2, -0.15) is 0 Å². The lowest BCUT2D eigenvalue weighted by Gasteiger charge is -2.29. The molecule has 2 fully saturated rings. The molecular weight excluding hydrogens is 418 g/mol. The number of hydrogen-bond acceptors (Lipinski definition) is 4. The first-order chi connectivity index (χ1) is 14.5. The van der Waals surface area contributed by atoms with Crippen LogP contribution < -0.4 is 5.32 Å². The van der Waals surface area contributed by atoms with Crippen molar-refractivity contribution in [3.05, 3.63) is 70.2 Å². The average molecular weight is 444 g/mol. The fraction of sp³-hybridized carbons (Fsp3) is 0.391. The number of halogens is 1. The van der Waals surface area contributed by atoms with Crippen LogP contribution in [0.2, 0.25) is 5.02 Å². The Kier molecular flexibility index (Phi) is 6.66. The molecule has 2 aliphatic heterocycles. The Labute approximate surface area is 186 Å². The molecule has 2 aliphatic rings. The van der Waals surface area contributed by atoms with Gasteiger partial charge in [0.2, 0.25) is 5.91 Å². The zero-order chi connectivity index (χ0) is 21.1. The molecule has 0 aliphatic carbocycles. The van der Waals surface area contributed by atoms with Crippen molar-refractivity contribution in [2.45, 2.75) is 30.8 Å². The number of rotatable bonds is 5. The van der Waals surface area contributed by atoms with Crippen LogP contribution in [0.25, 0.3) is 0 Å². The van der Waals surface area contributed by atoms with Crippen LogP contribution >= 0.6 is 23.4 Å². The van der Waals surface area contributed by atoms with Gasteiger partial charge < -0.3 is 15.1 Å². The first-order valence-electron chi connectivity index (χ1n) is 10.2. The fourth-order valence-corrected chi connectivity index (χ4v) is 5.22. The summed E-state index contributed by atoms with van der Waals surface area (Å²) in [6.45, 7) is 2.58. The number of benzene rings is 2. The van der Waals surface area contributed by atoms with Crippen LogP contribution in [0.3, 0.4) is 0 Å². The van der Waals surface area contributed by atoms with Gasteiger partial charge in [-0.3, -0.25) is 9.59 Å². The van der Waals surface area contributed by atoms with Crippen molar-refractivity contribution < 1.29 is 9.59 Å². The molecule has 0 radical (unpaired) electrons. The van der Waals surface area contributed by atoms with Gasteiger partial charge in [0.1, 0.15) is 5.37 Å². The third kappa shape index (κ3) is 4.99. The minimum absolute atomic E-state index is 0.0238. The lowest BCUT2D eigenvalue weighted by atomic mass is 10.0. The molecule has 2 saturated heterocycles. The van der Waals surface area contributed by atoms with E-state index in [0.717, 1.165) is 37.1 Å². The molecule has 30 heavy (non-hydrogen) atoms. The van der Waals surface area contributed by atoms with Crippen molar-refractivity contribution in [2.24, 2.45) is 0 Å². The summed E-state index contributed by atoms with van der Waals surface area (Å²) in [6, 6.07) is 15.5. The van der Waals surface area contributed by atoms with E-state index in [1.54, 1.807) is 11.8 Å². The number of likely N-dealkylation sites (tertiary alicyclic amines) is 1. The normalized spacial score (nSPS) is 20.5. The summed E-state index contributed by atoms with van der Waals surface area (Å²) < 4.78 is 0. The second-order valence-electron chi connectivity index (χ2n) is 7.98. The molecule has 158 valence electrons. The highest BCUT2D eigenvalue weighted by Gasteiger charge is 2.32. The molecular formula is C23H26ClN3O2S. The number of carbonyl (C=O) groups excluding carboxylic acids is 2. The minimum Gasteiger partial charge on any atom is -0.349 e. The topological polar surface area (TPSA) is 52.7 Å². The Hall–Kier alpha value is -2.02. The molecule has 2 aromatic carbocycles. The van der Waals surface area contributed by atoms with Crippen LogP contribution in [0.5, 0.6) is 0 Å². The number of carbonyl (C=O) groups is 2. The van der Waals surface area contributed by atoms with Crippen molar-refractivity contribution in [3.63, 3.8) is 0 Å². The first kappa shape index (κ1) is 21.2. The van der Waals surface area contributed by atoms with Crippen LogP contribution in [0.4, 0.5) is 0 Å². The molecule has 5 nitrogen and oxygen atoms in total. The van der Waals surface area contributed by atoms with Crippen LogP contribution in [0.1, 0.15) is 39.7 Å². The van der Waals surface area contributed by atoms with E-state index in [9.17, 15) is 9.59 Å². The molecule has 0 unspecified atom stereocenters. The number of amides is 2. The van der Waals surface area contributed by atoms with Crippen LogP contribution in [-0.4, -0.2) is 53.5 Å². The molecule has 4 rings (SSSR count). The third-order valence-electron chi connectivity index (χ3n) is 5.75. The van der Waals surface area contributed by atoms with Crippen molar-refractivity contribution in [1.82, 2.24) is 15.1 Å². The lowest BCUT2D eigenvalue weighted by molar-refractivity contribution is -0.128. The molecule has 2 amide bonds. The van der Waals surface area contributed by atoms with Gasteiger partial charge >= 0.3 is 0 Å². The maximum absolute atomic E-state index is 12.6. The highest BCUT2D eigenvalue weighted by molar-refractivity contribution is 8.00. The Morgan fingerprint density at radius 2 is 1.77 bits per heavy atom. The number of nitrogens with one attached hydrogen (secondary N) is 1. The highest BCUT2D eigenvalue weighted by atomic mass is 35.5. The number of thioether (sulfide) groups is 1. The zero-order valence-electron chi connectivity index (χ0n) is 17.0. The van der Waals surface area contributed by atoms with Crippen LogP contribution in [0, 0.1) is 0 Å². The van der Waals surface area contributed by atoms with E-state index >= 15 is 0 Å². The Morgan fingerprint density at radius 3 is 2.43 bits per heavy atom. The Morgan fingerprint density at radius 1 is 1.10 bits per heavy atom. The van der Waals surface area contributed by atoms with E-state index in [-0.39, 0.29) is 23.2 Å². The molecule has 0 saturated carbocycles. The predicted octanol–water partition coefficient (Wildman–Crippen LogP) is 3.94. The van der Waals surface area contributed by atoms with Gasteiger partial charge in [-0.05, 0) is 68.4 Å². The quantitative estimate of drug-likeness (QED) is 0.760. The van der Waals surface area contributed by atoms with E-state index in [4.69, 9.17) is 11.6 Å². The lowest BCUT2D eigenvalue weighted by Crippen LogP contribution is -2.43. The fourth-order valence-electron chi connectivity index (χ4n) is 3.91. The summed E-state index contributed by atoms with van der Waals surface area (Å²) in [5.74, 6) is 0.574. The van der Waals surface area contributed by atoms with E-state index in [1.807, 2.05) is 53.4 Å². The van der Waals surface area contributed by atoms with Crippen LogP contribution in [-0.2, 0) is 11.3 Å². The third-order valence-corrected chi connectivity index (χ3v) is 7.25. The molecule has 2 aromatic rings. The summed E-state index contributed by atoms with van der Waals surface area (Å²) >= 11 is 7.59. The number of hydrogen-bond donors (Lipinski definition) is 1. The summed E-state index contributed by atoms with van der Waals surface area (Å²) in [4.78, 5) is 29.2. The largest absolute Gasteiger partial charge is 0.349 e. The van der Waals surface area contributed by atoms with Gasteiger partial charge in [0.05, 0.1) is 5.75 Å². The van der Waals surface area contributed by atoms with Crippen LogP contribution in [0.15, 0.2) is 48.5 Å². The van der Waals surface area contributed by atoms with Gasteiger partial charge in [-0.25, -0.2) is 0 Å². The Balaban J connectivity index is 1.41. The second kappa shape index (κ2) is 9.41. The Bertz CT molecular complexity index is 896. The number of nitrogens with zero attached hydrogens (tertiary/aromatic N) is 2. The van der Waals surface area contributed by atoms with Crippen molar-refractivity contribution in [3.8, 4) is 0 Å². The predicted molar refractivity (Wildman–Crippen MR) is 122 cm³/mol. The number of piperidine rings is 1. The van der Waals surface area contributed by atoms with E-state index in [0.29, 0.717) is 22.9 Å².